The topological polar surface area (TPSA) is 38.0 Å². The zero-order valence-electron chi connectivity index (χ0n) is 9.10. The molecular weight excluding hydrogens is 220 g/mol. The predicted octanol–water partition coefficient (Wildman–Crippen LogP) is 3.37. The van der Waals surface area contributed by atoms with Crippen LogP contribution in [0.25, 0.3) is 11.1 Å². The number of benzene rings is 2. The van der Waals surface area contributed by atoms with Gasteiger partial charge >= 0.3 is 0 Å². The molecule has 84 valence electrons. The van der Waals surface area contributed by atoms with Gasteiger partial charge in [0, 0.05) is 5.69 Å². The van der Waals surface area contributed by atoms with Crippen molar-refractivity contribution in [1.82, 2.24) is 0 Å². The second-order valence-corrected chi connectivity index (χ2v) is 3.54. The Hall–Kier alpha value is -1.51. The van der Waals surface area contributed by atoms with Gasteiger partial charge in [-0.2, -0.15) is 0 Å². The van der Waals surface area contributed by atoms with Crippen molar-refractivity contribution in [1.29, 1.82) is 0 Å². The maximum absolute atomic E-state index is 5.32. The smallest absolute Gasteiger partial charge is 0.0485 e. The lowest BCUT2D eigenvalue weighted by molar-refractivity contribution is 1.35. The minimum atomic E-state index is 0. The van der Waals surface area contributed by atoms with Crippen LogP contribution in [0.3, 0.4) is 0 Å². The Morgan fingerprint density at radius 1 is 0.938 bits per heavy atom. The van der Waals surface area contributed by atoms with Crippen LogP contribution in [0.1, 0.15) is 5.56 Å². The maximum Gasteiger partial charge on any atom is 0.0485 e. The van der Waals surface area contributed by atoms with Gasteiger partial charge < -0.3 is 5.43 Å². The Balaban J connectivity index is 0.00000128. The number of nitrogens with one attached hydrogen (secondary N) is 1. The summed E-state index contributed by atoms with van der Waals surface area (Å²) in [6, 6.07) is 16.4. The van der Waals surface area contributed by atoms with Gasteiger partial charge in [0.15, 0.2) is 0 Å². The number of nitrogens with two attached hydrogens (primary N) is 1. The third-order valence-electron chi connectivity index (χ3n) is 2.51. The van der Waals surface area contributed by atoms with Crippen molar-refractivity contribution in [2.75, 3.05) is 5.43 Å². The zero-order chi connectivity index (χ0) is 10.7. The fraction of sp³-hybridized carbons (Fsp3) is 0.0769. The Morgan fingerprint density at radius 2 is 1.56 bits per heavy atom. The molecule has 0 aromatic heterocycles. The molecule has 0 aliphatic heterocycles. The minimum Gasteiger partial charge on any atom is -0.324 e. The molecule has 3 N–H and O–H groups in total. The molecule has 0 aliphatic rings. The van der Waals surface area contributed by atoms with E-state index in [1.54, 1.807) is 0 Å². The molecule has 0 saturated carbocycles. The van der Waals surface area contributed by atoms with Gasteiger partial charge in [-0.05, 0) is 35.7 Å². The van der Waals surface area contributed by atoms with Crippen LogP contribution in [0.4, 0.5) is 5.69 Å². The van der Waals surface area contributed by atoms with Gasteiger partial charge in [-0.25, -0.2) is 0 Å². The van der Waals surface area contributed by atoms with Crippen molar-refractivity contribution in [3.63, 3.8) is 0 Å². The molecule has 2 aromatic rings. The lowest BCUT2D eigenvalue weighted by Gasteiger charge is -2.06. The monoisotopic (exact) mass is 234 g/mol. The summed E-state index contributed by atoms with van der Waals surface area (Å²) in [5.74, 6) is 5.32. The van der Waals surface area contributed by atoms with Gasteiger partial charge in [0.25, 0.3) is 0 Å². The Kier molecular flexibility index (Phi) is 4.35. The largest absolute Gasteiger partial charge is 0.324 e. The van der Waals surface area contributed by atoms with Crippen molar-refractivity contribution < 1.29 is 0 Å². The van der Waals surface area contributed by atoms with Gasteiger partial charge in [0.05, 0.1) is 0 Å². The van der Waals surface area contributed by atoms with E-state index < -0.39 is 0 Å². The molecule has 0 radical (unpaired) electrons. The first kappa shape index (κ1) is 12.6. The summed E-state index contributed by atoms with van der Waals surface area (Å²) in [4.78, 5) is 0. The van der Waals surface area contributed by atoms with Gasteiger partial charge in [-0.3, -0.25) is 5.84 Å². The Labute approximate surface area is 102 Å². The maximum atomic E-state index is 5.32. The molecule has 16 heavy (non-hydrogen) atoms. The van der Waals surface area contributed by atoms with Crippen LogP contribution >= 0.6 is 12.4 Å². The summed E-state index contributed by atoms with van der Waals surface area (Å²) < 4.78 is 0. The van der Waals surface area contributed by atoms with Crippen molar-refractivity contribution in [3.8, 4) is 11.1 Å². The van der Waals surface area contributed by atoms with Crippen molar-refractivity contribution in [3.05, 3.63) is 54.1 Å². The van der Waals surface area contributed by atoms with Crippen molar-refractivity contribution in [2.45, 2.75) is 6.92 Å². The Bertz CT molecular complexity index is 452. The molecule has 2 aromatic carbocycles. The van der Waals surface area contributed by atoms with E-state index in [9.17, 15) is 0 Å². The summed E-state index contributed by atoms with van der Waals surface area (Å²) in [7, 11) is 0. The van der Waals surface area contributed by atoms with E-state index in [1.807, 2.05) is 12.1 Å². The second kappa shape index (κ2) is 5.54. The highest BCUT2D eigenvalue weighted by molar-refractivity contribution is 5.85. The number of rotatable bonds is 2. The molecule has 0 atom stereocenters. The van der Waals surface area contributed by atoms with E-state index in [1.165, 1.54) is 16.7 Å². The van der Waals surface area contributed by atoms with E-state index >= 15 is 0 Å². The summed E-state index contributed by atoms with van der Waals surface area (Å²) in [5, 5.41) is 0. The summed E-state index contributed by atoms with van der Waals surface area (Å²) in [5.41, 5.74) is 7.31. The lowest BCUT2D eigenvalue weighted by atomic mass is 10.0. The highest BCUT2D eigenvalue weighted by atomic mass is 35.5. The number of hydrogen-bond donors (Lipinski definition) is 2. The average Bonchev–Trinajstić information content (AvgIpc) is 2.30. The van der Waals surface area contributed by atoms with Crippen LogP contribution in [0, 0.1) is 6.92 Å². The quantitative estimate of drug-likeness (QED) is 0.618. The zero-order valence-corrected chi connectivity index (χ0v) is 9.92. The van der Waals surface area contributed by atoms with E-state index in [0.29, 0.717) is 0 Å². The molecule has 0 spiro atoms. The van der Waals surface area contributed by atoms with E-state index in [0.717, 1.165) is 5.69 Å². The molecule has 0 bridgehead atoms. The molecular formula is C13H15ClN2. The highest BCUT2D eigenvalue weighted by Gasteiger charge is 1.99. The predicted molar refractivity (Wildman–Crippen MR) is 71.7 cm³/mol. The molecule has 2 nitrogen and oxygen atoms in total. The number of halogens is 1. The van der Waals surface area contributed by atoms with Crippen LogP contribution in [0.5, 0.6) is 0 Å². The van der Waals surface area contributed by atoms with Crippen LogP contribution in [-0.2, 0) is 0 Å². The fourth-order valence-electron chi connectivity index (χ4n) is 1.64. The van der Waals surface area contributed by atoms with Crippen LogP contribution in [-0.4, -0.2) is 0 Å². The third kappa shape index (κ3) is 2.54. The summed E-state index contributed by atoms with van der Waals surface area (Å²) in [6.07, 6.45) is 0. The van der Waals surface area contributed by atoms with Crippen LogP contribution < -0.4 is 11.3 Å². The number of hydrazine groups is 1. The highest BCUT2D eigenvalue weighted by Crippen LogP contribution is 2.23. The number of aryl methyl sites for hydroxylation is 1. The fourth-order valence-corrected chi connectivity index (χ4v) is 1.64. The van der Waals surface area contributed by atoms with E-state index in [-0.39, 0.29) is 12.4 Å². The Morgan fingerprint density at radius 3 is 2.12 bits per heavy atom. The SMILES string of the molecule is Cc1ccccc1-c1ccc(NN)cc1.Cl. The number of anilines is 1. The standard InChI is InChI=1S/C13H14N2.ClH/c1-10-4-2-3-5-13(10)11-6-8-12(15-14)9-7-11;/h2-9,15H,14H2,1H3;1H. The van der Waals surface area contributed by atoms with Gasteiger partial charge in [0.2, 0.25) is 0 Å². The number of hydrogen-bond acceptors (Lipinski definition) is 2. The molecule has 0 aliphatic carbocycles. The van der Waals surface area contributed by atoms with Crippen molar-refractivity contribution in [2.24, 2.45) is 5.84 Å². The first-order valence-electron chi connectivity index (χ1n) is 4.94. The normalized spacial score (nSPS) is 9.38. The summed E-state index contributed by atoms with van der Waals surface area (Å²) >= 11 is 0. The second-order valence-electron chi connectivity index (χ2n) is 3.54. The van der Waals surface area contributed by atoms with Gasteiger partial charge in [-0.1, -0.05) is 36.4 Å². The molecule has 0 unspecified atom stereocenters. The molecule has 3 heteroatoms. The van der Waals surface area contributed by atoms with Crippen molar-refractivity contribution >= 4 is 18.1 Å². The summed E-state index contributed by atoms with van der Waals surface area (Å²) in [6.45, 7) is 2.12. The molecule has 0 fully saturated rings. The first-order chi connectivity index (χ1) is 7.31. The van der Waals surface area contributed by atoms with Gasteiger partial charge in [-0.15, -0.1) is 12.4 Å². The average molecular weight is 235 g/mol. The lowest BCUT2D eigenvalue weighted by Crippen LogP contribution is -2.05. The van der Waals surface area contributed by atoms with E-state index in [2.05, 4.69) is 48.7 Å². The van der Waals surface area contributed by atoms with Crippen LogP contribution in [0.2, 0.25) is 0 Å². The molecule has 0 heterocycles. The molecule has 0 amide bonds. The molecule has 2 rings (SSSR count). The van der Waals surface area contributed by atoms with Gasteiger partial charge in [0.1, 0.15) is 0 Å². The molecule has 0 saturated heterocycles. The number of nitrogen functional groups attached to an aromatic ring is 1. The third-order valence-corrected chi connectivity index (χ3v) is 2.51. The first-order valence-corrected chi connectivity index (χ1v) is 4.94. The van der Waals surface area contributed by atoms with E-state index in [4.69, 9.17) is 5.84 Å². The van der Waals surface area contributed by atoms with Crippen LogP contribution in [0.15, 0.2) is 48.5 Å². The minimum absolute atomic E-state index is 0.